The third kappa shape index (κ3) is 6.53. The van der Waals surface area contributed by atoms with Crippen molar-refractivity contribution in [1.82, 2.24) is 15.1 Å². The van der Waals surface area contributed by atoms with E-state index in [1.54, 1.807) is 32.2 Å². The Morgan fingerprint density at radius 1 is 0.923 bits per heavy atom. The average molecular weight is 531 g/mol. The van der Waals surface area contributed by atoms with Crippen molar-refractivity contribution in [1.29, 1.82) is 0 Å². The van der Waals surface area contributed by atoms with E-state index in [9.17, 15) is 9.59 Å². The number of rotatable bonds is 11. The maximum Gasteiger partial charge on any atom is 0.534 e. The highest BCUT2D eigenvalue weighted by Gasteiger charge is 2.20. The first-order chi connectivity index (χ1) is 19.0. The molecule has 0 fully saturated rings. The van der Waals surface area contributed by atoms with Crippen molar-refractivity contribution in [2.45, 2.75) is 27.3 Å². The smallest absolute Gasteiger partial charge is 0.465 e. The zero-order valence-electron chi connectivity index (χ0n) is 22.0. The second-order valence-electron chi connectivity index (χ2n) is 8.23. The highest BCUT2D eigenvalue weighted by atomic mass is 16.8. The highest BCUT2D eigenvalue weighted by Crippen LogP contribution is 2.28. The van der Waals surface area contributed by atoms with E-state index in [0.29, 0.717) is 35.8 Å². The molecule has 10 nitrogen and oxygen atoms in total. The largest absolute Gasteiger partial charge is 0.534 e. The number of carbonyl (C=O) groups excluding carboxylic acids is 2. The number of aromatic nitrogens is 2. The van der Waals surface area contributed by atoms with E-state index >= 15 is 0 Å². The minimum atomic E-state index is -0.855. The third-order valence-corrected chi connectivity index (χ3v) is 5.71. The molecule has 4 aromatic rings. The summed E-state index contributed by atoms with van der Waals surface area (Å²) in [6, 6.07) is 21.6. The van der Waals surface area contributed by atoms with Crippen LogP contribution in [0.4, 0.5) is 4.79 Å². The van der Waals surface area contributed by atoms with Crippen LogP contribution in [0.25, 0.3) is 22.2 Å². The summed E-state index contributed by atoms with van der Waals surface area (Å²) in [5, 5.41) is 3.95. The Morgan fingerprint density at radius 2 is 1.69 bits per heavy atom. The lowest BCUT2D eigenvalue weighted by Gasteiger charge is -2.12. The molecule has 0 aliphatic carbocycles. The fourth-order valence-electron chi connectivity index (χ4n) is 4.08. The number of para-hydroxylation sites is 1. The molecule has 1 heterocycles. The van der Waals surface area contributed by atoms with Gasteiger partial charge in [-0.2, -0.15) is 10.1 Å². The van der Waals surface area contributed by atoms with Crippen molar-refractivity contribution in [2.75, 3.05) is 19.8 Å². The molecule has 10 heteroatoms. The van der Waals surface area contributed by atoms with Crippen molar-refractivity contribution < 1.29 is 28.6 Å². The number of ether oxygens (including phenoxy) is 3. The predicted molar refractivity (Wildman–Crippen MR) is 147 cm³/mol. The van der Waals surface area contributed by atoms with Gasteiger partial charge in [0, 0.05) is 5.56 Å². The van der Waals surface area contributed by atoms with Crippen molar-refractivity contribution in [3.05, 3.63) is 83.4 Å². The molecule has 3 aromatic carbocycles. The van der Waals surface area contributed by atoms with E-state index < -0.39 is 12.1 Å². The van der Waals surface area contributed by atoms with Crippen molar-refractivity contribution in [3.8, 4) is 17.1 Å². The standard InChI is InChI=1S/C29H30N4O6/c1-4-36-27(34)24-12-9-13-25-26(24)33(28(31-25)37-5-2)19-20-14-16-21(17-15-20)23-11-8-7-10-22(23)18-30-32-39-29(35)38-6-3/h7-18,32H,4-6,19H2,1-3H3/b30-18-. The Kier molecular flexibility index (Phi) is 9.12. The molecule has 0 saturated heterocycles. The molecule has 0 saturated carbocycles. The molecule has 0 aliphatic rings. The summed E-state index contributed by atoms with van der Waals surface area (Å²) >= 11 is 0. The molecule has 0 aliphatic heterocycles. The first-order valence-corrected chi connectivity index (χ1v) is 12.6. The minimum absolute atomic E-state index is 0.208. The topological polar surface area (TPSA) is 113 Å². The van der Waals surface area contributed by atoms with E-state index in [4.69, 9.17) is 9.47 Å². The van der Waals surface area contributed by atoms with E-state index in [1.807, 2.05) is 66.1 Å². The van der Waals surface area contributed by atoms with Gasteiger partial charge >= 0.3 is 12.1 Å². The van der Waals surface area contributed by atoms with Crippen LogP contribution in [0.15, 0.2) is 71.8 Å². The second-order valence-corrected chi connectivity index (χ2v) is 8.23. The van der Waals surface area contributed by atoms with Gasteiger partial charge < -0.3 is 14.2 Å². The molecule has 0 unspecified atom stereocenters. The van der Waals surface area contributed by atoms with Gasteiger partial charge in [-0.1, -0.05) is 54.6 Å². The lowest BCUT2D eigenvalue weighted by molar-refractivity contribution is 0.0205. The number of carbonyl (C=O) groups is 2. The fraction of sp³-hybridized carbons (Fsp3) is 0.241. The van der Waals surface area contributed by atoms with Gasteiger partial charge in [-0.05, 0) is 49.6 Å². The molecule has 1 N–H and O–H groups in total. The lowest BCUT2D eigenvalue weighted by Crippen LogP contribution is -2.16. The number of hydrazone groups is 1. The summed E-state index contributed by atoms with van der Waals surface area (Å²) in [7, 11) is 0. The number of esters is 1. The van der Waals surface area contributed by atoms with Gasteiger partial charge in [0.05, 0.1) is 49.2 Å². The summed E-state index contributed by atoms with van der Waals surface area (Å²) in [6.45, 7) is 6.73. The fourth-order valence-corrected chi connectivity index (χ4v) is 4.08. The molecule has 4 rings (SSSR count). The number of hydrogen-bond donors (Lipinski definition) is 1. The molecule has 0 bridgehead atoms. The van der Waals surface area contributed by atoms with Gasteiger partial charge in [-0.15, -0.1) is 5.59 Å². The van der Waals surface area contributed by atoms with Crippen LogP contribution in [0.5, 0.6) is 6.01 Å². The maximum atomic E-state index is 12.7. The quantitative estimate of drug-likeness (QED) is 0.157. The van der Waals surface area contributed by atoms with E-state index in [0.717, 1.165) is 22.3 Å². The molecule has 0 radical (unpaired) electrons. The second kappa shape index (κ2) is 13.1. The number of nitrogens with one attached hydrogen (secondary N) is 1. The van der Waals surface area contributed by atoms with Gasteiger partial charge in [-0.3, -0.25) is 9.40 Å². The normalized spacial score (nSPS) is 10.9. The predicted octanol–water partition coefficient (Wildman–Crippen LogP) is 5.34. The molecular weight excluding hydrogens is 500 g/mol. The zero-order chi connectivity index (χ0) is 27.6. The van der Waals surface area contributed by atoms with Crippen LogP contribution < -0.4 is 10.3 Å². The Labute approximate surface area is 226 Å². The number of nitrogens with zero attached hydrogens (tertiary/aromatic N) is 3. The Morgan fingerprint density at radius 3 is 2.44 bits per heavy atom. The summed E-state index contributed by atoms with van der Waals surface area (Å²) in [6.07, 6.45) is 0.705. The molecule has 0 spiro atoms. The molecular formula is C29H30N4O6. The van der Waals surface area contributed by atoms with Crippen molar-refractivity contribution >= 4 is 29.4 Å². The first-order valence-electron chi connectivity index (χ1n) is 12.6. The van der Waals surface area contributed by atoms with Crippen LogP contribution in [-0.4, -0.2) is 47.7 Å². The van der Waals surface area contributed by atoms with Gasteiger partial charge in [0.25, 0.3) is 6.01 Å². The Hall–Kier alpha value is -4.86. The number of fused-ring (bicyclic) bond motifs is 1. The van der Waals surface area contributed by atoms with Gasteiger partial charge in [0.2, 0.25) is 0 Å². The number of imidazole rings is 1. The van der Waals surface area contributed by atoms with Crippen molar-refractivity contribution in [3.63, 3.8) is 0 Å². The van der Waals surface area contributed by atoms with Crippen LogP contribution in [0.1, 0.15) is 42.3 Å². The Balaban J connectivity index is 1.59. The lowest BCUT2D eigenvalue weighted by atomic mass is 9.99. The number of benzene rings is 3. The third-order valence-electron chi connectivity index (χ3n) is 5.71. The maximum absolute atomic E-state index is 12.7. The van der Waals surface area contributed by atoms with Gasteiger partial charge in [-0.25, -0.2) is 9.59 Å². The van der Waals surface area contributed by atoms with Gasteiger partial charge in [0.15, 0.2) is 0 Å². The highest BCUT2D eigenvalue weighted by molar-refractivity contribution is 6.02. The van der Waals surface area contributed by atoms with Crippen LogP contribution in [0.2, 0.25) is 0 Å². The van der Waals surface area contributed by atoms with Crippen LogP contribution in [0.3, 0.4) is 0 Å². The summed E-state index contributed by atoms with van der Waals surface area (Å²) in [5.74, 6) is -0.400. The monoisotopic (exact) mass is 530 g/mol. The molecule has 1 aromatic heterocycles. The summed E-state index contributed by atoms with van der Waals surface area (Å²) in [4.78, 5) is 33.2. The van der Waals surface area contributed by atoms with Crippen LogP contribution in [0, 0.1) is 0 Å². The first kappa shape index (κ1) is 27.2. The SMILES string of the molecule is CCOC(=O)ON/N=C\c1ccccc1-c1ccc(Cn2c(OCC)nc3cccc(C(=O)OCC)c32)cc1. The molecule has 0 atom stereocenters. The molecule has 0 amide bonds. The van der Waals surface area contributed by atoms with E-state index in [1.165, 1.54) is 0 Å². The average Bonchev–Trinajstić information content (AvgIpc) is 3.29. The molecule has 202 valence electrons. The number of hydrogen-bond acceptors (Lipinski definition) is 9. The summed E-state index contributed by atoms with van der Waals surface area (Å²) < 4.78 is 17.7. The Bertz CT molecular complexity index is 1460. The molecule has 39 heavy (non-hydrogen) atoms. The summed E-state index contributed by atoms with van der Waals surface area (Å²) in [5.41, 5.74) is 7.73. The van der Waals surface area contributed by atoms with E-state index in [-0.39, 0.29) is 13.2 Å². The zero-order valence-corrected chi connectivity index (χ0v) is 22.0. The minimum Gasteiger partial charge on any atom is -0.465 e. The van der Waals surface area contributed by atoms with Gasteiger partial charge in [0.1, 0.15) is 0 Å². The van der Waals surface area contributed by atoms with Crippen molar-refractivity contribution in [2.24, 2.45) is 5.10 Å². The van der Waals surface area contributed by atoms with Crippen LogP contribution >= 0.6 is 0 Å². The van der Waals surface area contributed by atoms with E-state index in [2.05, 4.69) is 25.2 Å². The van der Waals surface area contributed by atoms with Crippen LogP contribution in [-0.2, 0) is 20.9 Å².